The van der Waals surface area contributed by atoms with Crippen LogP contribution in [0.2, 0.25) is 0 Å². The van der Waals surface area contributed by atoms with Gasteiger partial charge in [-0.05, 0) is 23.6 Å². The topological polar surface area (TPSA) is 29.5 Å². The Labute approximate surface area is 127 Å². The van der Waals surface area contributed by atoms with Crippen LogP contribution in [0.5, 0.6) is 5.75 Å². The highest BCUT2D eigenvalue weighted by atomic mass is 32.2. The molecule has 1 aromatic carbocycles. The molecule has 0 spiro atoms. The highest BCUT2D eigenvalue weighted by Gasteiger charge is 2.06. The van der Waals surface area contributed by atoms with Gasteiger partial charge in [0.2, 0.25) is 0 Å². The van der Waals surface area contributed by atoms with E-state index in [1.165, 1.54) is 4.88 Å². The summed E-state index contributed by atoms with van der Waals surface area (Å²) in [5.74, 6) is 7.87. The minimum absolute atomic E-state index is 0.114. The first-order valence-corrected chi connectivity index (χ1v) is 8.13. The van der Waals surface area contributed by atoms with Crippen molar-refractivity contribution in [3.63, 3.8) is 0 Å². The minimum atomic E-state index is 0.114. The molecule has 0 atom stereocenters. The molecule has 0 bridgehead atoms. The second kappa shape index (κ2) is 8.01. The molecule has 2 aromatic rings. The molecule has 4 heteroatoms. The van der Waals surface area contributed by atoms with Crippen LogP contribution in [0.3, 0.4) is 0 Å². The van der Waals surface area contributed by atoms with E-state index < -0.39 is 0 Å². The van der Waals surface area contributed by atoms with Crippen molar-refractivity contribution in [3.05, 3.63) is 46.2 Å². The van der Waals surface area contributed by atoms with Gasteiger partial charge in [-0.15, -0.1) is 23.1 Å². The van der Waals surface area contributed by atoms with Crippen molar-refractivity contribution in [2.45, 2.75) is 17.1 Å². The van der Waals surface area contributed by atoms with Crippen molar-refractivity contribution in [1.29, 1.82) is 0 Å². The lowest BCUT2D eigenvalue weighted by molar-refractivity contribution is 0.305. The number of hydrogen-bond acceptors (Lipinski definition) is 4. The average Bonchev–Trinajstić information content (AvgIpc) is 2.93. The van der Waals surface area contributed by atoms with Gasteiger partial charge in [-0.25, -0.2) is 0 Å². The maximum absolute atomic E-state index is 8.76. The zero-order chi connectivity index (χ0) is 14.2. The van der Waals surface area contributed by atoms with Gasteiger partial charge in [0, 0.05) is 27.5 Å². The first-order valence-electron chi connectivity index (χ1n) is 6.27. The first-order chi connectivity index (χ1) is 9.85. The van der Waals surface area contributed by atoms with Crippen LogP contribution in [0.1, 0.15) is 16.9 Å². The Balaban J connectivity index is 2.05. The number of hydrogen-bond donors (Lipinski definition) is 1. The minimum Gasteiger partial charge on any atom is -0.496 e. The van der Waals surface area contributed by atoms with E-state index in [2.05, 4.69) is 23.3 Å². The third kappa shape index (κ3) is 4.04. The summed E-state index contributed by atoms with van der Waals surface area (Å²) in [7, 11) is 1.69. The van der Waals surface area contributed by atoms with Crippen molar-refractivity contribution in [1.82, 2.24) is 0 Å². The molecule has 1 heterocycles. The summed E-state index contributed by atoms with van der Waals surface area (Å²) in [6, 6.07) is 10.1. The largest absolute Gasteiger partial charge is 0.496 e. The van der Waals surface area contributed by atoms with Crippen molar-refractivity contribution < 1.29 is 9.84 Å². The van der Waals surface area contributed by atoms with Gasteiger partial charge in [0.1, 0.15) is 5.75 Å². The molecule has 20 heavy (non-hydrogen) atoms. The van der Waals surface area contributed by atoms with Crippen LogP contribution in [-0.4, -0.2) is 18.8 Å². The molecule has 0 aliphatic heterocycles. The molecular formula is C16H16O2S2. The predicted octanol–water partition coefficient (Wildman–Crippen LogP) is 3.78. The Morgan fingerprint density at radius 2 is 2.15 bits per heavy atom. The van der Waals surface area contributed by atoms with Gasteiger partial charge in [-0.2, -0.15) is 0 Å². The fraction of sp³-hybridized carbons (Fsp3) is 0.250. The Morgan fingerprint density at radius 1 is 1.30 bits per heavy atom. The van der Waals surface area contributed by atoms with Crippen molar-refractivity contribution >= 4 is 23.1 Å². The fourth-order valence-corrected chi connectivity index (χ4v) is 3.63. The Morgan fingerprint density at radius 3 is 2.95 bits per heavy atom. The fourth-order valence-electron chi connectivity index (χ4n) is 1.66. The summed E-state index contributed by atoms with van der Waals surface area (Å²) in [4.78, 5) is 2.39. The number of para-hydroxylation sites is 1. The second-order valence-corrected chi connectivity index (χ2v) is 5.99. The number of aliphatic hydroxyl groups is 1. The lowest BCUT2D eigenvalue weighted by Gasteiger charge is -2.06. The monoisotopic (exact) mass is 304 g/mol. The standard InChI is InChI=1S/C16H16O2S2/c1-18-14-7-2-3-8-15(14)20-12-16-13(9-11-19-16)6-4-5-10-17/h2-3,7-9,11,17H,5,10,12H2,1H3. The van der Waals surface area contributed by atoms with E-state index in [0.717, 1.165) is 22.0 Å². The molecule has 0 aliphatic carbocycles. The lowest BCUT2D eigenvalue weighted by Crippen LogP contribution is -1.86. The summed E-state index contributed by atoms with van der Waals surface area (Å²) in [5, 5.41) is 10.8. The maximum Gasteiger partial charge on any atom is 0.132 e. The average molecular weight is 304 g/mol. The van der Waals surface area contributed by atoms with Gasteiger partial charge < -0.3 is 9.84 Å². The van der Waals surface area contributed by atoms with Gasteiger partial charge >= 0.3 is 0 Å². The van der Waals surface area contributed by atoms with Gasteiger partial charge in [-0.3, -0.25) is 0 Å². The molecule has 0 fully saturated rings. The molecule has 0 radical (unpaired) electrons. The summed E-state index contributed by atoms with van der Waals surface area (Å²) < 4.78 is 5.35. The number of thiophene rings is 1. The van der Waals surface area contributed by atoms with Crippen LogP contribution < -0.4 is 4.74 Å². The number of methoxy groups -OCH3 is 1. The number of thioether (sulfide) groups is 1. The number of benzene rings is 1. The molecule has 1 aromatic heterocycles. The Kier molecular flexibility index (Phi) is 6.00. The molecule has 104 valence electrons. The van der Waals surface area contributed by atoms with Crippen LogP contribution in [0.25, 0.3) is 0 Å². The molecule has 0 saturated carbocycles. The number of ether oxygens (including phenoxy) is 1. The zero-order valence-corrected chi connectivity index (χ0v) is 12.9. The maximum atomic E-state index is 8.76. The van der Waals surface area contributed by atoms with E-state index >= 15 is 0 Å². The highest BCUT2D eigenvalue weighted by Crippen LogP contribution is 2.33. The smallest absolute Gasteiger partial charge is 0.132 e. The summed E-state index contributed by atoms with van der Waals surface area (Å²) >= 11 is 3.46. The molecule has 2 nitrogen and oxygen atoms in total. The van der Waals surface area contributed by atoms with E-state index in [0.29, 0.717) is 6.42 Å². The molecule has 0 aliphatic rings. The quantitative estimate of drug-likeness (QED) is 0.673. The first kappa shape index (κ1) is 15.0. The van der Waals surface area contributed by atoms with Crippen molar-refractivity contribution in [3.8, 4) is 17.6 Å². The number of rotatable bonds is 5. The van der Waals surface area contributed by atoms with Gasteiger partial charge in [0.25, 0.3) is 0 Å². The van der Waals surface area contributed by atoms with E-state index in [-0.39, 0.29) is 6.61 Å². The van der Waals surface area contributed by atoms with Crippen LogP contribution >= 0.6 is 23.1 Å². The lowest BCUT2D eigenvalue weighted by atomic mass is 10.2. The molecular weight excluding hydrogens is 288 g/mol. The second-order valence-electron chi connectivity index (χ2n) is 3.97. The summed E-state index contributed by atoms with van der Waals surface area (Å²) in [6.45, 7) is 0.114. The molecule has 0 saturated heterocycles. The molecule has 1 N–H and O–H groups in total. The van der Waals surface area contributed by atoms with Crippen LogP contribution in [0.15, 0.2) is 40.6 Å². The Hall–Kier alpha value is -1.41. The predicted molar refractivity (Wildman–Crippen MR) is 85.5 cm³/mol. The van der Waals surface area contributed by atoms with E-state index in [1.807, 2.05) is 24.3 Å². The highest BCUT2D eigenvalue weighted by molar-refractivity contribution is 7.98. The Bertz CT molecular complexity index is 608. The summed E-state index contributed by atoms with van der Waals surface area (Å²) in [6.07, 6.45) is 0.523. The van der Waals surface area contributed by atoms with Crippen LogP contribution in [0.4, 0.5) is 0 Å². The SMILES string of the molecule is COc1ccccc1SCc1sccc1C#CCCO. The van der Waals surface area contributed by atoms with Gasteiger partial charge in [-0.1, -0.05) is 24.0 Å². The normalized spacial score (nSPS) is 9.90. The van der Waals surface area contributed by atoms with Gasteiger partial charge in [0.15, 0.2) is 0 Å². The third-order valence-corrected chi connectivity index (χ3v) is 4.82. The summed E-state index contributed by atoms with van der Waals surface area (Å²) in [5.41, 5.74) is 1.06. The van der Waals surface area contributed by atoms with Gasteiger partial charge in [0.05, 0.1) is 13.7 Å². The van der Waals surface area contributed by atoms with Crippen LogP contribution in [0, 0.1) is 11.8 Å². The molecule has 0 amide bonds. The molecule has 2 rings (SSSR count). The van der Waals surface area contributed by atoms with Crippen molar-refractivity contribution in [2.24, 2.45) is 0 Å². The zero-order valence-electron chi connectivity index (χ0n) is 11.3. The van der Waals surface area contributed by atoms with E-state index in [9.17, 15) is 0 Å². The van der Waals surface area contributed by atoms with E-state index in [1.54, 1.807) is 30.2 Å². The third-order valence-electron chi connectivity index (χ3n) is 2.63. The van der Waals surface area contributed by atoms with E-state index in [4.69, 9.17) is 9.84 Å². The number of aliphatic hydroxyl groups excluding tert-OH is 1. The van der Waals surface area contributed by atoms with Crippen molar-refractivity contribution in [2.75, 3.05) is 13.7 Å². The molecule has 0 unspecified atom stereocenters. The van der Waals surface area contributed by atoms with Crippen LogP contribution in [-0.2, 0) is 5.75 Å².